The molecule has 0 aromatic heterocycles. The lowest BCUT2D eigenvalue weighted by molar-refractivity contribution is 0.305. The number of anilines is 1. The van der Waals surface area contributed by atoms with Crippen LogP contribution in [0.4, 0.5) is 10.1 Å². The Bertz CT molecular complexity index is 1090. The molecule has 0 unspecified atom stereocenters. The van der Waals surface area contributed by atoms with Crippen molar-refractivity contribution in [1.82, 2.24) is 0 Å². The first-order valence-corrected chi connectivity index (χ1v) is 9.86. The molecule has 4 rings (SSSR count). The number of hydrogen-bond donors (Lipinski definition) is 1. The molecule has 140 valence electrons. The molecule has 0 bridgehead atoms. The first-order valence-electron chi connectivity index (χ1n) is 9.06. The number of benzene rings is 4. The van der Waals surface area contributed by atoms with Crippen LogP contribution in [0.5, 0.6) is 5.75 Å². The summed E-state index contributed by atoms with van der Waals surface area (Å²) < 4.78 is 19.9. The van der Waals surface area contributed by atoms with Gasteiger partial charge in [0.1, 0.15) is 18.2 Å². The minimum Gasteiger partial charge on any atom is -0.488 e. The molecule has 4 heteroatoms. The van der Waals surface area contributed by atoms with Gasteiger partial charge in [0.25, 0.3) is 0 Å². The Kier molecular flexibility index (Phi) is 5.58. The Hall–Kier alpha value is -2.85. The fraction of sp³-hybridized carbons (Fsp3) is 0.0833. The van der Waals surface area contributed by atoms with Crippen molar-refractivity contribution in [2.75, 3.05) is 5.32 Å². The third kappa shape index (κ3) is 4.34. The van der Waals surface area contributed by atoms with E-state index in [2.05, 4.69) is 51.6 Å². The zero-order valence-electron chi connectivity index (χ0n) is 15.2. The van der Waals surface area contributed by atoms with Gasteiger partial charge in [0.2, 0.25) is 0 Å². The van der Waals surface area contributed by atoms with Gasteiger partial charge in [0, 0.05) is 12.2 Å². The largest absolute Gasteiger partial charge is 0.488 e. The van der Waals surface area contributed by atoms with E-state index in [9.17, 15) is 4.39 Å². The molecule has 0 amide bonds. The molecule has 0 aliphatic rings. The Balaban J connectivity index is 1.42. The maximum absolute atomic E-state index is 13.0. The molecule has 0 aliphatic carbocycles. The number of halogens is 2. The zero-order chi connectivity index (χ0) is 19.3. The lowest BCUT2D eigenvalue weighted by Crippen LogP contribution is -2.01. The molecule has 0 saturated heterocycles. The van der Waals surface area contributed by atoms with Crippen LogP contribution in [0, 0.1) is 5.82 Å². The highest BCUT2D eigenvalue weighted by molar-refractivity contribution is 9.10. The predicted octanol–water partition coefficient (Wildman–Crippen LogP) is 6.93. The highest BCUT2D eigenvalue weighted by Crippen LogP contribution is 2.28. The average molecular weight is 436 g/mol. The van der Waals surface area contributed by atoms with Gasteiger partial charge in [-0.25, -0.2) is 4.39 Å². The van der Waals surface area contributed by atoms with Gasteiger partial charge in [-0.1, -0.05) is 48.5 Å². The molecule has 4 aromatic carbocycles. The van der Waals surface area contributed by atoms with Gasteiger partial charge in [0.05, 0.1) is 4.47 Å². The molecule has 0 atom stereocenters. The molecule has 0 saturated carbocycles. The molecule has 0 radical (unpaired) electrons. The summed E-state index contributed by atoms with van der Waals surface area (Å²) in [4.78, 5) is 0. The molecule has 0 fully saturated rings. The van der Waals surface area contributed by atoms with Crippen molar-refractivity contribution in [3.8, 4) is 5.75 Å². The fourth-order valence-electron chi connectivity index (χ4n) is 3.12. The highest BCUT2D eigenvalue weighted by atomic mass is 79.9. The second-order valence-electron chi connectivity index (χ2n) is 6.55. The second-order valence-corrected chi connectivity index (χ2v) is 7.41. The SMILES string of the molecule is Fc1ccc(NCc2ccc(OCc3cccc4ccccc34)c(Br)c2)cc1. The highest BCUT2D eigenvalue weighted by Gasteiger charge is 2.06. The van der Waals surface area contributed by atoms with E-state index in [1.54, 1.807) is 12.1 Å². The van der Waals surface area contributed by atoms with Crippen LogP contribution in [0.15, 0.2) is 89.4 Å². The molecule has 1 N–H and O–H groups in total. The maximum atomic E-state index is 13.0. The van der Waals surface area contributed by atoms with E-state index in [0.717, 1.165) is 27.0 Å². The van der Waals surface area contributed by atoms with Crippen molar-refractivity contribution in [3.05, 3.63) is 106 Å². The third-order valence-corrected chi connectivity index (χ3v) is 5.22. The Labute approximate surface area is 172 Å². The molecule has 4 aromatic rings. The summed E-state index contributed by atoms with van der Waals surface area (Å²) in [7, 11) is 0. The first kappa shape index (κ1) is 18.5. The minimum atomic E-state index is -0.235. The smallest absolute Gasteiger partial charge is 0.134 e. The van der Waals surface area contributed by atoms with Crippen LogP contribution in [0.1, 0.15) is 11.1 Å². The van der Waals surface area contributed by atoms with Crippen LogP contribution in [0.2, 0.25) is 0 Å². The van der Waals surface area contributed by atoms with Crippen LogP contribution in [-0.4, -0.2) is 0 Å². The second kappa shape index (κ2) is 8.44. The summed E-state index contributed by atoms with van der Waals surface area (Å²) in [6.45, 7) is 1.15. The topological polar surface area (TPSA) is 21.3 Å². The zero-order valence-corrected chi connectivity index (χ0v) is 16.7. The van der Waals surface area contributed by atoms with Crippen molar-refractivity contribution in [2.24, 2.45) is 0 Å². The standard InChI is InChI=1S/C24H19BrFNO/c25-23-14-17(15-27-21-11-9-20(26)10-12-21)8-13-24(23)28-16-19-6-3-5-18-4-1-2-7-22(18)19/h1-14,27H,15-16H2. The van der Waals surface area contributed by atoms with Gasteiger partial charge >= 0.3 is 0 Å². The molecular formula is C24H19BrFNO. The third-order valence-electron chi connectivity index (χ3n) is 4.60. The molecule has 2 nitrogen and oxygen atoms in total. The summed E-state index contributed by atoms with van der Waals surface area (Å²) in [5, 5.41) is 5.71. The van der Waals surface area contributed by atoms with Crippen LogP contribution >= 0.6 is 15.9 Å². The van der Waals surface area contributed by atoms with Crippen LogP contribution in [0.25, 0.3) is 10.8 Å². The number of nitrogens with one attached hydrogen (secondary N) is 1. The quantitative estimate of drug-likeness (QED) is 0.354. The van der Waals surface area contributed by atoms with Crippen LogP contribution < -0.4 is 10.1 Å². The van der Waals surface area contributed by atoms with Crippen molar-refractivity contribution >= 4 is 32.4 Å². The Morgan fingerprint density at radius 2 is 1.64 bits per heavy atom. The summed E-state index contributed by atoms with van der Waals surface area (Å²) in [6.07, 6.45) is 0. The van der Waals surface area contributed by atoms with E-state index in [-0.39, 0.29) is 5.82 Å². The van der Waals surface area contributed by atoms with Crippen molar-refractivity contribution < 1.29 is 9.13 Å². The van der Waals surface area contributed by atoms with E-state index >= 15 is 0 Å². The Morgan fingerprint density at radius 3 is 2.46 bits per heavy atom. The lowest BCUT2D eigenvalue weighted by Gasteiger charge is -2.12. The molecule has 0 aliphatic heterocycles. The fourth-order valence-corrected chi connectivity index (χ4v) is 3.66. The summed E-state index contributed by atoms with van der Waals surface area (Å²) >= 11 is 3.60. The van der Waals surface area contributed by atoms with E-state index in [1.807, 2.05) is 30.3 Å². The number of ether oxygens (including phenoxy) is 1. The van der Waals surface area contributed by atoms with Crippen molar-refractivity contribution in [1.29, 1.82) is 0 Å². The van der Waals surface area contributed by atoms with E-state index in [0.29, 0.717) is 13.2 Å². The number of hydrogen-bond acceptors (Lipinski definition) is 2. The van der Waals surface area contributed by atoms with Gasteiger partial charge in [-0.2, -0.15) is 0 Å². The monoisotopic (exact) mass is 435 g/mol. The summed E-state index contributed by atoms with van der Waals surface area (Å²) in [5.41, 5.74) is 3.15. The molecule has 0 heterocycles. The van der Waals surface area contributed by atoms with Crippen LogP contribution in [-0.2, 0) is 13.2 Å². The maximum Gasteiger partial charge on any atom is 0.134 e. The van der Waals surface area contributed by atoms with E-state index in [1.165, 1.54) is 22.9 Å². The van der Waals surface area contributed by atoms with E-state index in [4.69, 9.17) is 4.74 Å². The number of fused-ring (bicyclic) bond motifs is 1. The van der Waals surface area contributed by atoms with Gasteiger partial charge in [0.15, 0.2) is 0 Å². The summed E-state index contributed by atoms with van der Waals surface area (Å²) in [6, 6.07) is 27.0. The van der Waals surface area contributed by atoms with Gasteiger partial charge < -0.3 is 10.1 Å². The molecule has 0 spiro atoms. The van der Waals surface area contributed by atoms with Crippen LogP contribution in [0.3, 0.4) is 0 Å². The lowest BCUT2D eigenvalue weighted by atomic mass is 10.1. The predicted molar refractivity (Wildman–Crippen MR) is 116 cm³/mol. The van der Waals surface area contributed by atoms with Crippen molar-refractivity contribution in [2.45, 2.75) is 13.2 Å². The van der Waals surface area contributed by atoms with E-state index < -0.39 is 0 Å². The van der Waals surface area contributed by atoms with Gasteiger partial charge in [-0.05, 0) is 74.2 Å². The van der Waals surface area contributed by atoms with Gasteiger partial charge in [-0.15, -0.1) is 0 Å². The Morgan fingerprint density at radius 1 is 0.857 bits per heavy atom. The summed E-state index contributed by atoms with van der Waals surface area (Å²) in [5.74, 6) is 0.569. The van der Waals surface area contributed by atoms with Gasteiger partial charge in [-0.3, -0.25) is 0 Å². The van der Waals surface area contributed by atoms with Crippen molar-refractivity contribution in [3.63, 3.8) is 0 Å². The molecular weight excluding hydrogens is 417 g/mol. The molecule has 28 heavy (non-hydrogen) atoms. The number of rotatable bonds is 6. The first-order chi connectivity index (χ1) is 13.7. The minimum absolute atomic E-state index is 0.235. The average Bonchev–Trinajstić information content (AvgIpc) is 2.73. The normalized spacial score (nSPS) is 10.8.